The van der Waals surface area contributed by atoms with Crippen LogP contribution in [0.4, 0.5) is 16.5 Å². The number of thiophene rings is 1. The fraction of sp³-hybridized carbons (Fsp3) is 0.133. The second-order valence-electron chi connectivity index (χ2n) is 4.60. The van der Waals surface area contributed by atoms with Gasteiger partial charge in [-0.15, -0.1) is 22.7 Å². The standard InChI is InChI=1S/C15H15N3S2/c1-9-5-6-11(16)8-12(9)17-15-18-14(10(2)20-15)13-4-3-7-19-13/h3-8H,16H2,1-2H3,(H,17,18). The van der Waals surface area contributed by atoms with E-state index in [2.05, 4.69) is 30.6 Å². The molecule has 0 amide bonds. The first-order valence-electron chi connectivity index (χ1n) is 6.28. The minimum atomic E-state index is 0.754. The molecule has 0 aliphatic rings. The smallest absolute Gasteiger partial charge is 0.188 e. The van der Waals surface area contributed by atoms with E-state index in [0.29, 0.717) is 0 Å². The fourth-order valence-electron chi connectivity index (χ4n) is 1.98. The third kappa shape index (κ3) is 2.55. The van der Waals surface area contributed by atoms with Crippen molar-refractivity contribution in [1.29, 1.82) is 0 Å². The van der Waals surface area contributed by atoms with Gasteiger partial charge in [0.2, 0.25) is 0 Å². The van der Waals surface area contributed by atoms with Gasteiger partial charge in [0.05, 0.1) is 10.6 Å². The van der Waals surface area contributed by atoms with Gasteiger partial charge in [0, 0.05) is 16.3 Å². The summed E-state index contributed by atoms with van der Waals surface area (Å²) in [6.45, 7) is 4.16. The molecule has 1 aromatic carbocycles. The van der Waals surface area contributed by atoms with Gasteiger partial charge in [0.15, 0.2) is 5.13 Å². The maximum absolute atomic E-state index is 5.84. The fourth-order valence-corrected chi connectivity index (χ4v) is 3.66. The van der Waals surface area contributed by atoms with Crippen molar-refractivity contribution < 1.29 is 0 Å². The SMILES string of the molecule is Cc1ccc(N)cc1Nc1nc(-c2cccs2)c(C)s1. The lowest BCUT2D eigenvalue weighted by Crippen LogP contribution is -1.94. The summed E-state index contributed by atoms with van der Waals surface area (Å²) in [6.07, 6.45) is 0. The zero-order chi connectivity index (χ0) is 14.1. The number of aromatic nitrogens is 1. The number of rotatable bonds is 3. The van der Waals surface area contributed by atoms with Crippen molar-refractivity contribution in [3.05, 3.63) is 46.2 Å². The van der Waals surface area contributed by atoms with Crippen LogP contribution in [0.15, 0.2) is 35.7 Å². The number of nitrogens with zero attached hydrogens (tertiary/aromatic N) is 1. The third-order valence-electron chi connectivity index (χ3n) is 3.05. The molecule has 0 aliphatic heterocycles. The quantitative estimate of drug-likeness (QED) is 0.682. The van der Waals surface area contributed by atoms with Gasteiger partial charge in [-0.2, -0.15) is 0 Å². The maximum atomic E-state index is 5.84. The molecule has 102 valence electrons. The molecule has 0 atom stereocenters. The highest BCUT2D eigenvalue weighted by atomic mass is 32.1. The normalized spacial score (nSPS) is 10.7. The van der Waals surface area contributed by atoms with E-state index < -0.39 is 0 Å². The van der Waals surface area contributed by atoms with E-state index in [1.807, 2.05) is 24.3 Å². The first-order valence-corrected chi connectivity index (χ1v) is 7.97. The van der Waals surface area contributed by atoms with Crippen molar-refractivity contribution >= 4 is 39.2 Å². The molecular weight excluding hydrogens is 286 g/mol. The number of anilines is 3. The van der Waals surface area contributed by atoms with E-state index in [1.54, 1.807) is 22.7 Å². The van der Waals surface area contributed by atoms with Crippen molar-refractivity contribution in [2.75, 3.05) is 11.1 Å². The Morgan fingerprint density at radius 2 is 2.05 bits per heavy atom. The number of thiazole rings is 1. The number of nitrogens with two attached hydrogens (primary N) is 1. The van der Waals surface area contributed by atoms with E-state index in [1.165, 1.54) is 9.75 Å². The molecule has 3 N–H and O–H groups in total. The molecular formula is C15H15N3S2. The molecule has 3 aromatic rings. The average Bonchev–Trinajstić information content (AvgIpc) is 3.03. The zero-order valence-electron chi connectivity index (χ0n) is 11.3. The minimum absolute atomic E-state index is 0.754. The monoisotopic (exact) mass is 301 g/mol. The van der Waals surface area contributed by atoms with Crippen molar-refractivity contribution in [3.8, 4) is 10.6 Å². The van der Waals surface area contributed by atoms with E-state index >= 15 is 0 Å². The van der Waals surface area contributed by atoms with Crippen molar-refractivity contribution in [1.82, 2.24) is 4.98 Å². The predicted octanol–water partition coefficient (Wildman–Crippen LogP) is 4.81. The summed E-state index contributed by atoms with van der Waals surface area (Å²) in [6, 6.07) is 10.0. The molecule has 0 saturated carbocycles. The summed E-state index contributed by atoms with van der Waals surface area (Å²) >= 11 is 3.38. The molecule has 0 unspecified atom stereocenters. The lowest BCUT2D eigenvalue weighted by Gasteiger charge is -2.07. The second-order valence-corrected chi connectivity index (χ2v) is 6.75. The Balaban J connectivity index is 1.92. The number of benzene rings is 1. The first-order chi connectivity index (χ1) is 9.63. The van der Waals surface area contributed by atoms with Gasteiger partial charge in [-0.3, -0.25) is 0 Å². The van der Waals surface area contributed by atoms with Crippen LogP contribution in [0.5, 0.6) is 0 Å². The van der Waals surface area contributed by atoms with Crippen LogP contribution in [0.25, 0.3) is 10.6 Å². The van der Waals surface area contributed by atoms with Crippen LogP contribution in [0.3, 0.4) is 0 Å². The third-order valence-corrected chi connectivity index (χ3v) is 4.82. The lowest BCUT2D eigenvalue weighted by atomic mass is 10.2. The number of hydrogen-bond donors (Lipinski definition) is 2. The van der Waals surface area contributed by atoms with Gasteiger partial charge in [-0.25, -0.2) is 4.98 Å². The van der Waals surface area contributed by atoms with Crippen LogP contribution in [-0.2, 0) is 0 Å². The lowest BCUT2D eigenvalue weighted by molar-refractivity contribution is 1.36. The maximum Gasteiger partial charge on any atom is 0.188 e. The highest BCUT2D eigenvalue weighted by Crippen LogP contribution is 2.34. The van der Waals surface area contributed by atoms with E-state index in [-0.39, 0.29) is 0 Å². The molecule has 0 fully saturated rings. The molecule has 0 aliphatic carbocycles. The van der Waals surface area contributed by atoms with Crippen LogP contribution in [0.1, 0.15) is 10.4 Å². The second kappa shape index (κ2) is 5.26. The molecule has 3 nitrogen and oxygen atoms in total. The van der Waals surface area contributed by atoms with E-state index in [9.17, 15) is 0 Å². The topological polar surface area (TPSA) is 50.9 Å². The van der Waals surface area contributed by atoms with Crippen LogP contribution in [-0.4, -0.2) is 4.98 Å². The minimum Gasteiger partial charge on any atom is -0.399 e. The number of nitrogens with one attached hydrogen (secondary N) is 1. The van der Waals surface area contributed by atoms with E-state index in [4.69, 9.17) is 10.7 Å². The Bertz CT molecular complexity index is 730. The first kappa shape index (κ1) is 13.1. The summed E-state index contributed by atoms with van der Waals surface area (Å²) in [5, 5.41) is 6.34. The number of aryl methyl sites for hydroxylation is 2. The predicted molar refractivity (Wildman–Crippen MR) is 89.0 cm³/mol. The summed E-state index contributed by atoms with van der Waals surface area (Å²) < 4.78 is 0. The van der Waals surface area contributed by atoms with Crippen LogP contribution in [0, 0.1) is 13.8 Å². The summed E-state index contributed by atoms with van der Waals surface area (Å²) in [5.74, 6) is 0. The van der Waals surface area contributed by atoms with Gasteiger partial charge >= 0.3 is 0 Å². The van der Waals surface area contributed by atoms with Gasteiger partial charge in [0.25, 0.3) is 0 Å². The molecule has 2 heterocycles. The molecule has 3 rings (SSSR count). The van der Waals surface area contributed by atoms with Crippen LogP contribution >= 0.6 is 22.7 Å². The van der Waals surface area contributed by atoms with Crippen LogP contribution < -0.4 is 11.1 Å². The highest BCUT2D eigenvalue weighted by molar-refractivity contribution is 7.17. The summed E-state index contributed by atoms with van der Waals surface area (Å²) in [4.78, 5) is 7.12. The Labute approximate surface area is 126 Å². The Morgan fingerprint density at radius 3 is 2.80 bits per heavy atom. The Hall–Kier alpha value is -1.85. The molecule has 0 saturated heterocycles. The Morgan fingerprint density at radius 1 is 1.20 bits per heavy atom. The molecule has 0 radical (unpaired) electrons. The van der Waals surface area contributed by atoms with Gasteiger partial charge in [-0.05, 0) is 43.0 Å². The van der Waals surface area contributed by atoms with Gasteiger partial charge < -0.3 is 11.1 Å². The van der Waals surface area contributed by atoms with Gasteiger partial charge in [-0.1, -0.05) is 12.1 Å². The van der Waals surface area contributed by atoms with Gasteiger partial charge in [0.1, 0.15) is 0 Å². The largest absolute Gasteiger partial charge is 0.399 e. The molecule has 20 heavy (non-hydrogen) atoms. The molecule has 5 heteroatoms. The van der Waals surface area contributed by atoms with Crippen molar-refractivity contribution in [2.45, 2.75) is 13.8 Å². The zero-order valence-corrected chi connectivity index (χ0v) is 12.9. The highest BCUT2D eigenvalue weighted by Gasteiger charge is 2.11. The molecule has 0 spiro atoms. The number of nitrogen functional groups attached to an aromatic ring is 1. The summed E-state index contributed by atoms with van der Waals surface area (Å²) in [7, 11) is 0. The molecule has 0 bridgehead atoms. The molecule has 2 aromatic heterocycles. The number of hydrogen-bond acceptors (Lipinski definition) is 5. The van der Waals surface area contributed by atoms with Crippen molar-refractivity contribution in [3.63, 3.8) is 0 Å². The summed E-state index contributed by atoms with van der Waals surface area (Å²) in [5.41, 5.74) is 9.82. The van der Waals surface area contributed by atoms with E-state index in [0.717, 1.165) is 27.8 Å². The Kier molecular flexibility index (Phi) is 3.46. The van der Waals surface area contributed by atoms with Crippen LogP contribution in [0.2, 0.25) is 0 Å². The van der Waals surface area contributed by atoms with Crippen molar-refractivity contribution in [2.24, 2.45) is 0 Å². The average molecular weight is 301 g/mol.